The molecule has 0 fully saturated rings. The van der Waals surface area contributed by atoms with Gasteiger partial charge in [0, 0.05) is 36.8 Å². The first-order chi connectivity index (χ1) is 8.44. The second-order valence-corrected chi connectivity index (χ2v) is 7.18. The van der Waals surface area contributed by atoms with Crippen LogP contribution in [0.15, 0.2) is 18.3 Å². The van der Waals surface area contributed by atoms with Crippen molar-refractivity contribution >= 4 is 9.84 Å². The second kappa shape index (κ2) is 6.95. The molecule has 1 heterocycles. The van der Waals surface area contributed by atoms with Gasteiger partial charge in [0.2, 0.25) is 0 Å². The highest BCUT2D eigenvalue weighted by Gasteiger charge is 2.10. The summed E-state index contributed by atoms with van der Waals surface area (Å²) in [6, 6.07) is 4.42. The van der Waals surface area contributed by atoms with Crippen molar-refractivity contribution in [3.8, 4) is 0 Å². The molecule has 104 valence electrons. The largest absolute Gasteiger partial charge is 0.349 e. The molecule has 0 radical (unpaired) electrons. The number of aryl methyl sites for hydroxylation is 1. The van der Waals surface area contributed by atoms with Gasteiger partial charge in [0.15, 0.2) is 9.84 Å². The maximum Gasteiger partial charge on any atom is 0.152 e. The van der Waals surface area contributed by atoms with Gasteiger partial charge in [0.1, 0.15) is 0 Å². The molecule has 4 nitrogen and oxygen atoms in total. The van der Waals surface area contributed by atoms with E-state index in [1.807, 2.05) is 29.8 Å². The summed E-state index contributed by atoms with van der Waals surface area (Å²) < 4.78 is 25.4. The van der Waals surface area contributed by atoms with Crippen molar-refractivity contribution < 1.29 is 8.42 Å². The summed E-state index contributed by atoms with van der Waals surface area (Å²) in [5, 5.41) is 3.34. The fourth-order valence-electron chi connectivity index (χ4n) is 1.79. The lowest BCUT2D eigenvalue weighted by molar-refractivity contribution is 0.556. The molecule has 0 spiro atoms. The average Bonchev–Trinajstić information content (AvgIpc) is 2.71. The molecule has 1 aromatic rings. The first-order valence-electron chi connectivity index (χ1n) is 6.52. The van der Waals surface area contributed by atoms with E-state index in [1.165, 1.54) is 0 Å². The first kappa shape index (κ1) is 15.2. The Bertz CT molecular complexity index is 449. The van der Waals surface area contributed by atoms with E-state index in [4.69, 9.17) is 0 Å². The van der Waals surface area contributed by atoms with Crippen molar-refractivity contribution in [2.75, 3.05) is 11.5 Å². The third-order valence-electron chi connectivity index (χ3n) is 2.77. The van der Waals surface area contributed by atoms with Gasteiger partial charge in [-0.15, -0.1) is 0 Å². The molecule has 18 heavy (non-hydrogen) atoms. The number of sulfone groups is 1. The fourth-order valence-corrected chi connectivity index (χ4v) is 3.09. The summed E-state index contributed by atoms with van der Waals surface area (Å²) in [6.45, 7) is 7.41. The number of hydrogen-bond donors (Lipinski definition) is 1. The normalized spacial score (nSPS) is 12.2. The van der Waals surface area contributed by atoms with Gasteiger partial charge in [0.25, 0.3) is 0 Å². The summed E-state index contributed by atoms with van der Waals surface area (Å²) in [7, 11) is -2.90. The predicted molar refractivity (Wildman–Crippen MR) is 75.4 cm³/mol. The van der Waals surface area contributed by atoms with Gasteiger partial charge in [-0.3, -0.25) is 0 Å². The molecule has 0 saturated carbocycles. The average molecular weight is 272 g/mol. The number of aromatic nitrogens is 1. The van der Waals surface area contributed by atoms with Crippen LogP contribution in [0.4, 0.5) is 0 Å². The third kappa shape index (κ3) is 5.23. The monoisotopic (exact) mass is 272 g/mol. The van der Waals surface area contributed by atoms with E-state index >= 15 is 0 Å². The molecule has 0 bridgehead atoms. The highest BCUT2D eigenvalue weighted by Crippen LogP contribution is 2.04. The molecule has 0 saturated heterocycles. The Morgan fingerprint density at radius 3 is 2.67 bits per heavy atom. The number of hydrogen-bond acceptors (Lipinski definition) is 3. The maximum atomic E-state index is 11.7. The van der Waals surface area contributed by atoms with Crippen molar-refractivity contribution in [3.05, 3.63) is 24.0 Å². The van der Waals surface area contributed by atoms with Crippen LogP contribution < -0.4 is 5.32 Å². The minimum absolute atomic E-state index is 0.226. The van der Waals surface area contributed by atoms with E-state index in [-0.39, 0.29) is 11.5 Å². The highest BCUT2D eigenvalue weighted by molar-refractivity contribution is 7.91. The van der Waals surface area contributed by atoms with Crippen molar-refractivity contribution in [2.24, 2.45) is 0 Å². The van der Waals surface area contributed by atoms with E-state index in [1.54, 1.807) is 0 Å². The number of rotatable bonds is 8. The third-order valence-corrected chi connectivity index (χ3v) is 4.61. The molecule has 0 aromatic carbocycles. The van der Waals surface area contributed by atoms with E-state index in [0.29, 0.717) is 19.0 Å². The molecule has 0 aliphatic heterocycles. The second-order valence-electron chi connectivity index (χ2n) is 4.88. The minimum atomic E-state index is -2.90. The van der Waals surface area contributed by atoms with Crippen LogP contribution in [0.3, 0.4) is 0 Å². The van der Waals surface area contributed by atoms with Crippen LogP contribution in [0, 0.1) is 0 Å². The lowest BCUT2D eigenvalue weighted by Crippen LogP contribution is -2.24. The van der Waals surface area contributed by atoms with Crippen molar-refractivity contribution in [3.63, 3.8) is 0 Å². The van der Waals surface area contributed by atoms with Crippen molar-refractivity contribution in [2.45, 2.75) is 46.3 Å². The Balaban J connectivity index is 2.55. The standard InChI is InChI=1S/C13H24N2O2S/c1-4-9-18(16,17)10-8-15-7-5-6-13(15)11-14-12(2)3/h5-7,12,14H,4,8-11H2,1-3H3. The Morgan fingerprint density at radius 1 is 1.33 bits per heavy atom. The Hall–Kier alpha value is -0.810. The quantitative estimate of drug-likeness (QED) is 0.785. The lowest BCUT2D eigenvalue weighted by Gasteiger charge is -2.12. The Labute approximate surface area is 110 Å². The van der Waals surface area contributed by atoms with Gasteiger partial charge >= 0.3 is 0 Å². The van der Waals surface area contributed by atoms with Crippen LogP contribution in [0.2, 0.25) is 0 Å². The molecule has 0 amide bonds. The van der Waals surface area contributed by atoms with Gasteiger partial charge in [-0.05, 0) is 18.6 Å². The SMILES string of the molecule is CCCS(=O)(=O)CCn1cccc1CNC(C)C. The molecule has 0 unspecified atom stereocenters. The van der Waals surface area contributed by atoms with E-state index in [2.05, 4.69) is 19.2 Å². The zero-order valence-corrected chi connectivity index (χ0v) is 12.3. The van der Waals surface area contributed by atoms with Crippen LogP contribution >= 0.6 is 0 Å². The summed E-state index contributed by atoms with van der Waals surface area (Å²) in [5.74, 6) is 0.512. The summed E-state index contributed by atoms with van der Waals surface area (Å²) in [4.78, 5) is 0. The van der Waals surface area contributed by atoms with E-state index in [9.17, 15) is 8.42 Å². The van der Waals surface area contributed by atoms with Crippen LogP contribution in [-0.4, -0.2) is 30.5 Å². The highest BCUT2D eigenvalue weighted by atomic mass is 32.2. The first-order valence-corrected chi connectivity index (χ1v) is 8.34. The molecule has 1 N–H and O–H groups in total. The van der Waals surface area contributed by atoms with Gasteiger partial charge in [-0.2, -0.15) is 0 Å². The van der Waals surface area contributed by atoms with E-state index in [0.717, 1.165) is 12.2 Å². The molecule has 0 aliphatic rings. The molecular weight excluding hydrogens is 248 g/mol. The number of nitrogens with one attached hydrogen (secondary N) is 1. The van der Waals surface area contributed by atoms with Crippen molar-refractivity contribution in [1.82, 2.24) is 9.88 Å². The summed E-state index contributed by atoms with van der Waals surface area (Å²) in [6.07, 6.45) is 2.63. The lowest BCUT2D eigenvalue weighted by atomic mass is 10.3. The van der Waals surface area contributed by atoms with Crippen LogP contribution in [0.25, 0.3) is 0 Å². The zero-order valence-electron chi connectivity index (χ0n) is 11.5. The molecule has 0 atom stereocenters. The fraction of sp³-hybridized carbons (Fsp3) is 0.692. The molecule has 5 heteroatoms. The van der Waals surface area contributed by atoms with Crippen LogP contribution in [-0.2, 0) is 22.9 Å². The summed E-state index contributed by atoms with van der Waals surface area (Å²) >= 11 is 0. The smallest absolute Gasteiger partial charge is 0.152 e. The topological polar surface area (TPSA) is 51.1 Å². The summed E-state index contributed by atoms with van der Waals surface area (Å²) in [5.41, 5.74) is 1.13. The van der Waals surface area contributed by atoms with Gasteiger partial charge in [-0.1, -0.05) is 20.8 Å². The van der Waals surface area contributed by atoms with Gasteiger partial charge in [-0.25, -0.2) is 8.42 Å². The molecule has 1 aromatic heterocycles. The maximum absolute atomic E-state index is 11.7. The van der Waals surface area contributed by atoms with Crippen molar-refractivity contribution in [1.29, 1.82) is 0 Å². The molecule has 1 rings (SSSR count). The van der Waals surface area contributed by atoms with E-state index < -0.39 is 9.84 Å². The Morgan fingerprint density at radius 2 is 2.06 bits per heavy atom. The molecule has 0 aliphatic carbocycles. The van der Waals surface area contributed by atoms with Crippen LogP contribution in [0.5, 0.6) is 0 Å². The predicted octanol–water partition coefficient (Wildman–Crippen LogP) is 1.81. The zero-order chi connectivity index (χ0) is 13.6. The van der Waals surface area contributed by atoms with Gasteiger partial charge < -0.3 is 9.88 Å². The van der Waals surface area contributed by atoms with Gasteiger partial charge in [0.05, 0.1) is 5.75 Å². The minimum Gasteiger partial charge on any atom is -0.349 e. The number of nitrogens with zero attached hydrogens (tertiary/aromatic N) is 1. The van der Waals surface area contributed by atoms with Crippen LogP contribution in [0.1, 0.15) is 32.9 Å². The Kier molecular flexibility index (Phi) is 5.88. The molecular formula is C13H24N2O2S.